The van der Waals surface area contributed by atoms with Crippen LogP contribution in [0.3, 0.4) is 0 Å². The van der Waals surface area contributed by atoms with Crippen LogP contribution >= 0.6 is 0 Å². The van der Waals surface area contributed by atoms with Crippen LogP contribution in [0, 0.1) is 6.92 Å². The number of nitrogens with one attached hydrogen (secondary N) is 1. The SMILES string of the molecule is Cc1ccc(OC[C@@H](O)C[NH+](C)C2CCCCC2)cc1. The number of ether oxygens (including phenoxy) is 1. The molecule has 0 heterocycles. The van der Waals surface area contributed by atoms with E-state index in [9.17, 15) is 5.11 Å². The van der Waals surface area contributed by atoms with Crippen molar-refractivity contribution in [2.24, 2.45) is 0 Å². The van der Waals surface area contributed by atoms with E-state index in [-0.39, 0.29) is 0 Å². The third kappa shape index (κ3) is 4.80. The average molecular weight is 278 g/mol. The number of likely N-dealkylation sites (N-methyl/N-ethyl adjacent to an activating group) is 1. The molecule has 0 radical (unpaired) electrons. The Kier molecular flexibility index (Phi) is 5.86. The molecule has 2 N–H and O–H groups in total. The molecule has 0 spiro atoms. The summed E-state index contributed by atoms with van der Waals surface area (Å²) in [5.41, 5.74) is 1.22. The largest absolute Gasteiger partial charge is 0.491 e. The van der Waals surface area contributed by atoms with Crippen LogP contribution < -0.4 is 9.64 Å². The number of quaternary nitrogens is 1. The summed E-state index contributed by atoms with van der Waals surface area (Å²) in [4.78, 5) is 1.45. The highest BCUT2D eigenvalue weighted by Gasteiger charge is 2.23. The Hall–Kier alpha value is -1.06. The summed E-state index contributed by atoms with van der Waals surface area (Å²) in [5, 5.41) is 10.1. The zero-order valence-electron chi connectivity index (χ0n) is 12.8. The van der Waals surface area contributed by atoms with Gasteiger partial charge < -0.3 is 14.7 Å². The fraction of sp³-hybridized carbons (Fsp3) is 0.647. The Bertz CT molecular complexity index is 384. The highest BCUT2D eigenvalue weighted by molar-refractivity contribution is 5.26. The van der Waals surface area contributed by atoms with E-state index < -0.39 is 6.10 Å². The van der Waals surface area contributed by atoms with Gasteiger partial charge in [0.1, 0.15) is 25.0 Å². The fourth-order valence-corrected chi connectivity index (χ4v) is 3.02. The molecule has 1 aliphatic rings. The number of benzene rings is 1. The highest BCUT2D eigenvalue weighted by Crippen LogP contribution is 2.15. The lowest BCUT2D eigenvalue weighted by molar-refractivity contribution is -0.910. The maximum Gasteiger partial charge on any atom is 0.137 e. The Balaban J connectivity index is 1.71. The minimum absolute atomic E-state index is 0.382. The van der Waals surface area contributed by atoms with E-state index in [1.165, 1.54) is 42.6 Å². The van der Waals surface area contributed by atoms with Crippen molar-refractivity contribution < 1.29 is 14.7 Å². The Morgan fingerprint density at radius 3 is 2.50 bits per heavy atom. The standard InChI is InChI=1S/C17H27NO2/c1-14-8-10-17(11-9-14)20-13-16(19)12-18(2)15-6-4-3-5-7-15/h8-11,15-16,19H,3-7,12-13H2,1-2H3/p+1/t16-/m0/s1. The van der Waals surface area contributed by atoms with Gasteiger partial charge in [0.2, 0.25) is 0 Å². The maximum atomic E-state index is 10.1. The molecule has 20 heavy (non-hydrogen) atoms. The molecule has 0 saturated heterocycles. The predicted molar refractivity (Wildman–Crippen MR) is 81.3 cm³/mol. The molecule has 0 bridgehead atoms. The van der Waals surface area contributed by atoms with Crippen LogP contribution in [0.15, 0.2) is 24.3 Å². The lowest BCUT2D eigenvalue weighted by Gasteiger charge is -2.29. The van der Waals surface area contributed by atoms with E-state index in [4.69, 9.17) is 4.74 Å². The number of hydrogen-bond donors (Lipinski definition) is 2. The fourth-order valence-electron chi connectivity index (χ4n) is 3.02. The topological polar surface area (TPSA) is 33.9 Å². The van der Waals surface area contributed by atoms with Crippen LogP contribution in [0.25, 0.3) is 0 Å². The first-order chi connectivity index (χ1) is 9.65. The minimum Gasteiger partial charge on any atom is -0.491 e. The summed E-state index contributed by atoms with van der Waals surface area (Å²) in [7, 11) is 2.20. The van der Waals surface area contributed by atoms with Gasteiger partial charge in [-0.2, -0.15) is 0 Å². The van der Waals surface area contributed by atoms with Crippen molar-refractivity contribution in [3.8, 4) is 5.75 Å². The van der Waals surface area contributed by atoms with Gasteiger partial charge in [-0.25, -0.2) is 0 Å². The molecule has 1 aromatic carbocycles. The van der Waals surface area contributed by atoms with Gasteiger partial charge >= 0.3 is 0 Å². The molecule has 1 saturated carbocycles. The monoisotopic (exact) mass is 278 g/mol. The van der Waals surface area contributed by atoms with Crippen LogP contribution in [0.4, 0.5) is 0 Å². The molecular formula is C17H28NO2+. The lowest BCUT2D eigenvalue weighted by atomic mass is 9.94. The first kappa shape index (κ1) is 15.3. The third-order valence-electron chi connectivity index (χ3n) is 4.32. The first-order valence-corrected chi connectivity index (χ1v) is 7.85. The van der Waals surface area contributed by atoms with E-state index in [0.717, 1.165) is 18.3 Å². The molecule has 112 valence electrons. The van der Waals surface area contributed by atoms with Gasteiger partial charge in [0, 0.05) is 0 Å². The smallest absolute Gasteiger partial charge is 0.137 e. The second kappa shape index (κ2) is 7.65. The molecule has 1 unspecified atom stereocenters. The van der Waals surface area contributed by atoms with E-state index in [1.54, 1.807) is 0 Å². The molecule has 0 amide bonds. The van der Waals surface area contributed by atoms with Crippen molar-refractivity contribution >= 4 is 0 Å². The van der Waals surface area contributed by atoms with Crippen molar-refractivity contribution in [3.05, 3.63) is 29.8 Å². The Morgan fingerprint density at radius 1 is 1.20 bits per heavy atom. The molecule has 1 aliphatic carbocycles. The molecule has 3 nitrogen and oxygen atoms in total. The van der Waals surface area contributed by atoms with Crippen molar-refractivity contribution in [1.82, 2.24) is 0 Å². The van der Waals surface area contributed by atoms with E-state index in [2.05, 4.69) is 14.0 Å². The molecule has 1 fully saturated rings. The summed E-state index contributed by atoms with van der Waals surface area (Å²) >= 11 is 0. The Labute approximate surface area is 122 Å². The molecule has 0 aromatic heterocycles. The number of aryl methyl sites for hydroxylation is 1. The number of aliphatic hydroxyl groups excluding tert-OH is 1. The molecule has 0 aliphatic heterocycles. The number of aliphatic hydroxyl groups is 1. The quantitative estimate of drug-likeness (QED) is 0.828. The third-order valence-corrected chi connectivity index (χ3v) is 4.32. The van der Waals surface area contributed by atoms with Crippen LogP contribution in [0.1, 0.15) is 37.7 Å². The van der Waals surface area contributed by atoms with E-state index >= 15 is 0 Å². The van der Waals surface area contributed by atoms with Crippen LogP contribution in [0.2, 0.25) is 0 Å². The summed E-state index contributed by atoms with van der Waals surface area (Å²) in [6.07, 6.45) is 6.28. The highest BCUT2D eigenvalue weighted by atomic mass is 16.5. The summed E-state index contributed by atoms with van der Waals surface area (Å²) in [6, 6.07) is 8.69. The molecule has 2 rings (SSSR count). The number of rotatable bonds is 6. The minimum atomic E-state index is -0.391. The Morgan fingerprint density at radius 2 is 1.85 bits per heavy atom. The van der Waals surface area contributed by atoms with Gasteiger partial charge in [-0.15, -0.1) is 0 Å². The van der Waals surface area contributed by atoms with E-state index in [0.29, 0.717) is 6.61 Å². The lowest BCUT2D eigenvalue weighted by Crippen LogP contribution is -3.14. The van der Waals surface area contributed by atoms with Crippen LogP contribution in [-0.2, 0) is 0 Å². The molecule has 3 heteroatoms. The van der Waals surface area contributed by atoms with Crippen LogP contribution in [0.5, 0.6) is 5.75 Å². The van der Waals surface area contributed by atoms with Crippen molar-refractivity contribution in [3.63, 3.8) is 0 Å². The molecular weight excluding hydrogens is 250 g/mol. The summed E-state index contributed by atoms with van der Waals surface area (Å²) < 4.78 is 5.65. The second-order valence-electron chi connectivity index (χ2n) is 6.16. The maximum absolute atomic E-state index is 10.1. The predicted octanol–water partition coefficient (Wildman–Crippen LogP) is 1.58. The van der Waals surface area contributed by atoms with Gasteiger partial charge in [-0.3, -0.25) is 0 Å². The molecule has 2 atom stereocenters. The van der Waals surface area contributed by atoms with Gasteiger partial charge in [0.05, 0.1) is 13.1 Å². The van der Waals surface area contributed by atoms with Crippen molar-refractivity contribution in [2.75, 3.05) is 20.2 Å². The summed E-state index contributed by atoms with van der Waals surface area (Å²) in [5.74, 6) is 0.838. The van der Waals surface area contributed by atoms with Gasteiger partial charge in [-0.1, -0.05) is 24.1 Å². The zero-order chi connectivity index (χ0) is 14.4. The second-order valence-corrected chi connectivity index (χ2v) is 6.16. The summed E-state index contributed by atoms with van der Waals surface area (Å²) in [6.45, 7) is 3.21. The average Bonchev–Trinajstić information content (AvgIpc) is 2.47. The van der Waals surface area contributed by atoms with Gasteiger partial charge in [0.15, 0.2) is 0 Å². The van der Waals surface area contributed by atoms with Crippen molar-refractivity contribution in [2.45, 2.75) is 51.2 Å². The normalized spacial score (nSPS) is 19.6. The molecule has 1 aromatic rings. The zero-order valence-corrected chi connectivity index (χ0v) is 12.8. The van der Waals surface area contributed by atoms with Crippen molar-refractivity contribution in [1.29, 1.82) is 0 Å². The van der Waals surface area contributed by atoms with Gasteiger partial charge in [-0.05, 0) is 44.7 Å². The number of hydrogen-bond acceptors (Lipinski definition) is 2. The van der Waals surface area contributed by atoms with Gasteiger partial charge in [0.25, 0.3) is 0 Å². The van der Waals surface area contributed by atoms with Crippen LogP contribution in [-0.4, -0.2) is 37.5 Å². The first-order valence-electron chi connectivity index (χ1n) is 7.85. The van der Waals surface area contributed by atoms with E-state index in [1.807, 2.05) is 24.3 Å².